The van der Waals surface area contributed by atoms with Gasteiger partial charge in [-0.15, -0.1) is 0 Å². The third kappa shape index (κ3) is 3.68. The summed E-state index contributed by atoms with van der Waals surface area (Å²) >= 11 is 11.9. The van der Waals surface area contributed by atoms with Gasteiger partial charge in [-0.3, -0.25) is 9.59 Å². The summed E-state index contributed by atoms with van der Waals surface area (Å²) in [6.07, 6.45) is 3.69. The van der Waals surface area contributed by atoms with Gasteiger partial charge < -0.3 is 16.0 Å². The molecule has 130 valence electrons. The van der Waals surface area contributed by atoms with E-state index in [1.165, 1.54) is 0 Å². The highest BCUT2D eigenvalue weighted by atomic mass is 35.5. The number of hydrogen-bond acceptors (Lipinski definition) is 3. The molecule has 0 spiro atoms. The number of carbonyl (C=O) groups excluding carboxylic acids is 2. The van der Waals surface area contributed by atoms with Gasteiger partial charge in [0, 0.05) is 24.7 Å². The normalized spacial score (nSPS) is 21.6. The number of nitrogens with one attached hydrogen (secondary N) is 1. The zero-order valence-corrected chi connectivity index (χ0v) is 14.8. The van der Waals surface area contributed by atoms with Crippen molar-refractivity contribution < 1.29 is 9.59 Å². The second kappa shape index (κ2) is 7.30. The van der Waals surface area contributed by atoms with E-state index in [-0.39, 0.29) is 17.9 Å². The van der Waals surface area contributed by atoms with Crippen molar-refractivity contribution in [1.82, 2.24) is 10.2 Å². The molecule has 0 radical (unpaired) electrons. The topological polar surface area (TPSA) is 75.4 Å². The molecule has 7 heteroatoms. The van der Waals surface area contributed by atoms with E-state index in [0.29, 0.717) is 41.0 Å². The lowest BCUT2D eigenvalue weighted by atomic mass is 10.1. The van der Waals surface area contributed by atoms with Gasteiger partial charge in [0.25, 0.3) is 5.91 Å². The zero-order valence-electron chi connectivity index (χ0n) is 13.3. The molecule has 2 fully saturated rings. The van der Waals surface area contributed by atoms with Gasteiger partial charge in [-0.1, -0.05) is 23.2 Å². The molecule has 2 atom stereocenters. The van der Waals surface area contributed by atoms with Crippen LogP contribution in [0, 0.1) is 5.92 Å². The van der Waals surface area contributed by atoms with Crippen molar-refractivity contribution in [3.8, 4) is 0 Å². The summed E-state index contributed by atoms with van der Waals surface area (Å²) in [7, 11) is 0. The summed E-state index contributed by atoms with van der Waals surface area (Å²) in [4.78, 5) is 27.0. The van der Waals surface area contributed by atoms with Crippen LogP contribution in [-0.2, 0) is 4.79 Å². The summed E-state index contributed by atoms with van der Waals surface area (Å²) in [5.41, 5.74) is 6.20. The average molecular weight is 370 g/mol. The summed E-state index contributed by atoms with van der Waals surface area (Å²) in [5, 5.41) is 3.76. The number of nitrogens with zero attached hydrogens (tertiary/aromatic N) is 1. The standard InChI is InChI=1S/C17H21Cl2N3O2/c18-12-6-5-11(8-13(12)19)17(24)22-7-1-2-15(22)16(23)21-14(9-20)10-3-4-10/h5-6,8,10,14-15H,1-4,7,9,20H2,(H,21,23). The van der Waals surface area contributed by atoms with Gasteiger partial charge in [0.1, 0.15) is 6.04 Å². The van der Waals surface area contributed by atoms with Crippen molar-refractivity contribution >= 4 is 35.0 Å². The largest absolute Gasteiger partial charge is 0.350 e. The second-order valence-electron chi connectivity index (χ2n) is 6.47. The molecule has 2 aliphatic rings. The van der Waals surface area contributed by atoms with E-state index in [4.69, 9.17) is 28.9 Å². The average Bonchev–Trinajstić information content (AvgIpc) is 3.30. The first-order valence-corrected chi connectivity index (χ1v) is 9.03. The van der Waals surface area contributed by atoms with Crippen LogP contribution in [0.3, 0.4) is 0 Å². The summed E-state index contributed by atoms with van der Waals surface area (Å²) in [6.45, 7) is 0.998. The van der Waals surface area contributed by atoms with Gasteiger partial charge in [0.05, 0.1) is 10.0 Å². The molecule has 0 aromatic heterocycles. The molecule has 3 rings (SSSR count). The molecule has 1 saturated carbocycles. The Labute approximate surface area is 151 Å². The Kier molecular flexibility index (Phi) is 5.33. The summed E-state index contributed by atoms with van der Waals surface area (Å²) in [5.74, 6) is 0.185. The maximum absolute atomic E-state index is 12.7. The fourth-order valence-electron chi connectivity index (χ4n) is 3.22. The fraction of sp³-hybridized carbons (Fsp3) is 0.529. The SMILES string of the molecule is NCC(NC(=O)C1CCCN1C(=O)c1ccc(Cl)c(Cl)c1)C1CC1. The Morgan fingerprint density at radius 1 is 1.25 bits per heavy atom. The minimum atomic E-state index is -0.445. The molecule has 1 heterocycles. The van der Waals surface area contributed by atoms with E-state index in [1.54, 1.807) is 23.1 Å². The van der Waals surface area contributed by atoms with Crippen molar-refractivity contribution in [2.24, 2.45) is 11.7 Å². The first kappa shape index (κ1) is 17.5. The third-order valence-electron chi connectivity index (χ3n) is 4.76. The van der Waals surface area contributed by atoms with E-state index in [1.807, 2.05) is 0 Å². The first-order chi connectivity index (χ1) is 11.5. The molecule has 5 nitrogen and oxygen atoms in total. The van der Waals surface area contributed by atoms with Crippen molar-refractivity contribution in [2.75, 3.05) is 13.1 Å². The molecule has 2 amide bonds. The Morgan fingerprint density at radius 2 is 2.00 bits per heavy atom. The van der Waals surface area contributed by atoms with E-state index in [2.05, 4.69) is 5.32 Å². The monoisotopic (exact) mass is 369 g/mol. The number of benzene rings is 1. The van der Waals surface area contributed by atoms with Crippen molar-refractivity contribution in [3.05, 3.63) is 33.8 Å². The lowest BCUT2D eigenvalue weighted by Crippen LogP contribution is -2.51. The van der Waals surface area contributed by atoms with Gasteiger partial charge in [0.15, 0.2) is 0 Å². The van der Waals surface area contributed by atoms with Crippen LogP contribution in [0.5, 0.6) is 0 Å². The highest BCUT2D eigenvalue weighted by Gasteiger charge is 2.38. The van der Waals surface area contributed by atoms with Crippen molar-refractivity contribution in [1.29, 1.82) is 0 Å². The third-order valence-corrected chi connectivity index (χ3v) is 5.49. The minimum Gasteiger partial charge on any atom is -0.350 e. The van der Waals surface area contributed by atoms with Gasteiger partial charge in [-0.05, 0) is 49.8 Å². The van der Waals surface area contributed by atoms with Crippen LogP contribution < -0.4 is 11.1 Å². The van der Waals surface area contributed by atoms with Crippen LogP contribution in [0.2, 0.25) is 10.0 Å². The van der Waals surface area contributed by atoms with E-state index >= 15 is 0 Å². The maximum atomic E-state index is 12.7. The molecular formula is C17H21Cl2N3O2. The van der Waals surface area contributed by atoms with E-state index in [0.717, 1.165) is 19.3 Å². The number of rotatable bonds is 5. The predicted octanol–water partition coefficient (Wildman–Crippen LogP) is 2.45. The van der Waals surface area contributed by atoms with Gasteiger partial charge in [-0.2, -0.15) is 0 Å². The predicted molar refractivity (Wildman–Crippen MR) is 94.2 cm³/mol. The van der Waals surface area contributed by atoms with Gasteiger partial charge in [-0.25, -0.2) is 0 Å². The Balaban J connectivity index is 1.70. The molecule has 1 aromatic carbocycles. The van der Waals surface area contributed by atoms with Crippen LogP contribution in [-0.4, -0.2) is 41.9 Å². The number of halogens is 2. The van der Waals surface area contributed by atoms with Crippen molar-refractivity contribution in [3.63, 3.8) is 0 Å². The van der Waals surface area contributed by atoms with E-state index < -0.39 is 6.04 Å². The van der Waals surface area contributed by atoms with E-state index in [9.17, 15) is 9.59 Å². The molecule has 3 N–H and O–H groups in total. The lowest BCUT2D eigenvalue weighted by Gasteiger charge is -2.26. The molecule has 1 saturated heterocycles. The molecule has 0 bridgehead atoms. The number of hydrogen-bond donors (Lipinski definition) is 2. The van der Waals surface area contributed by atoms with Crippen LogP contribution >= 0.6 is 23.2 Å². The fourth-order valence-corrected chi connectivity index (χ4v) is 3.52. The Morgan fingerprint density at radius 3 is 2.62 bits per heavy atom. The molecule has 1 aromatic rings. The highest BCUT2D eigenvalue weighted by Crippen LogP contribution is 2.32. The quantitative estimate of drug-likeness (QED) is 0.836. The van der Waals surface area contributed by atoms with Crippen LogP contribution in [0.1, 0.15) is 36.0 Å². The molecule has 1 aliphatic carbocycles. The summed E-state index contributed by atoms with van der Waals surface area (Å²) in [6, 6.07) is 4.35. The molecule has 1 aliphatic heterocycles. The minimum absolute atomic E-state index is 0.0139. The highest BCUT2D eigenvalue weighted by molar-refractivity contribution is 6.42. The second-order valence-corrected chi connectivity index (χ2v) is 7.29. The van der Waals surface area contributed by atoms with Crippen LogP contribution in [0.15, 0.2) is 18.2 Å². The van der Waals surface area contributed by atoms with Crippen molar-refractivity contribution in [2.45, 2.75) is 37.8 Å². The van der Waals surface area contributed by atoms with Gasteiger partial charge >= 0.3 is 0 Å². The lowest BCUT2D eigenvalue weighted by molar-refractivity contribution is -0.125. The summed E-state index contributed by atoms with van der Waals surface area (Å²) < 4.78 is 0. The first-order valence-electron chi connectivity index (χ1n) is 8.27. The molecule has 2 unspecified atom stereocenters. The number of nitrogens with two attached hydrogens (primary N) is 1. The number of carbonyl (C=O) groups is 2. The molecule has 24 heavy (non-hydrogen) atoms. The zero-order chi connectivity index (χ0) is 17.3. The molecular weight excluding hydrogens is 349 g/mol. The number of amides is 2. The smallest absolute Gasteiger partial charge is 0.254 e. The number of likely N-dealkylation sites (tertiary alicyclic amines) is 1. The maximum Gasteiger partial charge on any atom is 0.254 e. The van der Waals surface area contributed by atoms with Gasteiger partial charge in [0.2, 0.25) is 5.91 Å². The Hall–Kier alpha value is -1.30. The Bertz CT molecular complexity index is 649. The van der Waals surface area contributed by atoms with Crippen LogP contribution in [0.4, 0.5) is 0 Å². The van der Waals surface area contributed by atoms with Crippen LogP contribution in [0.25, 0.3) is 0 Å².